The molecule has 0 aliphatic rings. The third kappa shape index (κ3) is 2.51. The highest BCUT2D eigenvalue weighted by atomic mass is 32.1. The van der Waals surface area contributed by atoms with Crippen molar-refractivity contribution in [3.63, 3.8) is 0 Å². The van der Waals surface area contributed by atoms with Crippen molar-refractivity contribution in [1.29, 1.82) is 0 Å². The summed E-state index contributed by atoms with van der Waals surface area (Å²) in [6.07, 6.45) is 1.57. The van der Waals surface area contributed by atoms with Crippen molar-refractivity contribution in [1.82, 2.24) is 10.6 Å². The van der Waals surface area contributed by atoms with Gasteiger partial charge in [-0.1, -0.05) is 5.16 Å². The van der Waals surface area contributed by atoms with Crippen LogP contribution in [0.1, 0.15) is 17.0 Å². The van der Waals surface area contributed by atoms with E-state index in [0.717, 1.165) is 11.3 Å². The molecule has 0 aliphatic carbocycles. The number of rotatable bonds is 2. The minimum absolute atomic E-state index is 0.128. The van der Waals surface area contributed by atoms with E-state index < -0.39 is 0 Å². The lowest BCUT2D eigenvalue weighted by molar-refractivity contribution is 0.393. The zero-order valence-corrected chi connectivity index (χ0v) is 8.18. The second-order valence-electron chi connectivity index (χ2n) is 2.47. The summed E-state index contributed by atoms with van der Waals surface area (Å²) in [7, 11) is 0. The fourth-order valence-electron chi connectivity index (χ4n) is 0.835. The van der Waals surface area contributed by atoms with Crippen LogP contribution in [0.5, 0.6) is 0 Å². The summed E-state index contributed by atoms with van der Waals surface area (Å²) < 4.78 is 4.92. The van der Waals surface area contributed by atoms with Crippen molar-refractivity contribution >= 4 is 23.5 Å². The van der Waals surface area contributed by atoms with Crippen LogP contribution in [0.4, 0.5) is 0 Å². The Morgan fingerprint density at radius 2 is 2.38 bits per heavy atom. The van der Waals surface area contributed by atoms with Gasteiger partial charge in [0.2, 0.25) is 0 Å². The van der Waals surface area contributed by atoms with E-state index >= 15 is 0 Å². The highest BCUT2D eigenvalue weighted by Crippen LogP contribution is 2.08. The van der Waals surface area contributed by atoms with Gasteiger partial charge >= 0.3 is 0 Å². The number of hydrogen-bond donors (Lipinski definition) is 2. The van der Waals surface area contributed by atoms with E-state index in [0.29, 0.717) is 5.76 Å². The number of hydrazone groups is 1. The fourth-order valence-corrected chi connectivity index (χ4v) is 0.888. The second kappa shape index (κ2) is 3.99. The van der Waals surface area contributed by atoms with Gasteiger partial charge < -0.3 is 10.3 Å². The quantitative estimate of drug-likeness (QED) is 0.410. The van der Waals surface area contributed by atoms with Crippen LogP contribution in [0.2, 0.25) is 0 Å². The van der Waals surface area contributed by atoms with Crippen LogP contribution in [0.3, 0.4) is 0 Å². The zero-order chi connectivity index (χ0) is 9.84. The summed E-state index contributed by atoms with van der Waals surface area (Å²) in [6, 6.07) is 0. The fraction of sp³-hybridized carbons (Fsp3) is 0.286. The van der Waals surface area contributed by atoms with E-state index in [9.17, 15) is 0 Å². The van der Waals surface area contributed by atoms with Crippen LogP contribution in [0.15, 0.2) is 9.62 Å². The monoisotopic (exact) mass is 198 g/mol. The molecule has 0 fully saturated rings. The van der Waals surface area contributed by atoms with Crippen molar-refractivity contribution in [3.05, 3.63) is 17.0 Å². The third-order valence-electron chi connectivity index (χ3n) is 1.46. The first-order chi connectivity index (χ1) is 6.11. The third-order valence-corrected chi connectivity index (χ3v) is 1.55. The van der Waals surface area contributed by atoms with Gasteiger partial charge in [-0.2, -0.15) is 5.10 Å². The Labute approximate surface area is 81.0 Å². The molecular weight excluding hydrogens is 188 g/mol. The van der Waals surface area contributed by atoms with Gasteiger partial charge in [0.05, 0.1) is 17.5 Å². The molecule has 1 aromatic heterocycles. The van der Waals surface area contributed by atoms with Crippen molar-refractivity contribution in [2.75, 3.05) is 0 Å². The van der Waals surface area contributed by atoms with Crippen molar-refractivity contribution in [2.45, 2.75) is 13.8 Å². The van der Waals surface area contributed by atoms with Crippen LogP contribution in [-0.2, 0) is 0 Å². The van der Waals surface area contributed by atoms with Crippen LogP contribution in [0, 0.1) is 13.8 Å². The van der Waals surface area contributed by atoms with Crippen LogP contribution in [-0.4, -0.2) is 16.5 Å². The summed E-state index contributed by atoms with van der Waals surface area (Å²) in [5, 5.41) is 7.68. The molecule has 0 spiro atoms. The molecule has 1 aromatic rings. The Morgan fingerprint density at radius 1 is 1.69 bits per heavy atom. The number of hydrogen-bond acceptors (Lipinski definition) is 4. The lowest BCUT2D eigenvalue weighted by atomic mass is 10.2. The molecule has 5 nitrogen and oxygen atoms in total. The number of nitrogens with one attached hydrogen (secondary N) is 1. The molecule has 1 heterocycles. The highest BCUT2D eigenvalue weighted by molar-refractivity contribution is 7.80. The standard InChI is InChI=1S/C7H10N4OS/c1-4-6(5(2)12-11-4)3-9-10-7(8)13/h3H,1-2H3,(H3,8,10,13). The first kappa shape index (κ1) is 9.66. The van der Waals surface area contributed by atoms with Gasteiger partial charge in [-0.25, -0.2) is 0 Å². The zero-order valence-electron chi connectivity index (χ0n) is 7.37. The Morgan fingerprint density at radius 3 is 2.85 bits per heavy atom. The first-order valence-electron chi connectivity index (χ1n) is 3.62. The average Bonchev–Trinajstić information content (AvgIpc) is 2.34. The minimum atomic E-state index is 0.128. The van der Waals surface area contributed by atoms with E-state index in [1.54, 1.807) is 6.21 Å². The van der Waals surface area contributed by atoms with Crippen LogP contribution in [0.25, 0.3) is 0 Å². The van der Waals surface area contributed by atoms with E-state index in [2.05, 4.69) is 27.9 Å². The largest absolute Gasteiger partial charge is 0.375 e. The number of nitrogens with zero attached hydrogens (tertiary/aromatic N) is 2. The molecule has 0 saturated carbocycles. The predicted octanol–water partition coefficient (Wildman–Crippen LogP) is 0.459. The highest BCUT2D eigenvalue weighted by Gasteiger charge is 2.04. The maximum absolute atomic E-state index is 5.18. The van der Waals surface area contributed by atoms with E-state index in [1.807, 2.05) is 13.8 Å². The smallest absolute Gasteiger partial charge is 0.184 e. The first-order valence-corrected chi connectivity index (χ1v) is 4.03. The molecule has 0 saturated heterocycles. The summed E-state index contributed by atoms with van der Waals surface area (Å²) in [4.78, 5) is 0. The van der Waals surface area contributed by atoms with Crippen LogP contribution >= 0.6 is 12.2 Å². The number of thiocarbonyl (C=S) groups is 1. The van der Waals surface area contributed by atoms with Gasteiger partial charge in [-0.05, 0) is 26.1 Å². The molecule has 0 aliphatic heterocycles. The maximum atomic E-state index is 5.18. The molecule has 1 rings (SSSR count). The summed E-state index contributed by atoms with van der Waals surface area (Å²) in [5.74, 6) is 0.714. The van der Waals surface area contributed by atoms with Crippen molar-refractivity contribution < 1.29 is 4.52 Å². The summed E-state index contributed by atoms with van der Waals surface area (Å²) in [6.45, 7) is 3.64. The van der Waals surface area contributed by atoms with Gasteiger partial charge in [-0.3, -0.25) is 5.43 Å². The molecule has 70 valence electrons. The molecule has 0 amide bonds. The van der Waals surface area contributed by atoms with Gasteiger partial charge in [-0.15, -0.1) is 0 Å². The van der Waals surface area contributed by atoms with Crippen molar-refractivity contribution in [2.24, 2.45) is 10.8 Å². The van der Waals surface area contributed by atoms with E-state index in [1.165, 1.54) is 0 Å². The molecule has 6 heteroatoms. The summed E-state index contributed by atoms with van der Waals surface area (Å²) >= 11 is 4.57. The van der Waals surface area contributed by atoms with Gasteiger partial charge in [0.1, 0.15) is 5.76 Å². The molecule has 13 heavy (non-hydrogen) atoms. The Kier molecular flexibility index (Phi) is 2.97. The Hall–Kier alpha value is -1.43. The topological polar surface area (TPSA) is 76.4 Å². The Balaban J connectivity index is 2.73. The van der Waals surface area contributed by atoms with E-state index in [-0.39, 0.29) is 5.11 Å². The Bertz CT molecular complexity index is 325. The van der Waals surface area contributed by atoms with Crippen molar-refractivity contribution in [3.8, 4) is 0 Å². The molecule has 0 atom stereocenters. The molecule has 3 N–H and O–H groups in total. The van der Waals surface area contributed by atoms with Gasteiger partial charge in [0.25, 0.3) is 0 Å². The predicted molar refractivity (Wildman–Crippen MR) is 53.5 cm³/mol. The number of nitrogens with two attached hydrogens (primary N) is 1. The molecule has 0 aromatic carbocycles. The molecule has 0 unspecified atom stereocenters. The van der Waals surface area contributed by atoms with Gasteiger partial charge in [0, 0.05) is 0 Å². The normalized spacial score (nSPS) is 10.6. The maximum Gasteiger partial charge on any atom is 0.184 e. The van der Waals surface area contributed by atoms with Crippen LogP contribution < -0.4 is 11.2 Å². The molecule has 0 bridgehead atoms. The lowest BCUT2D eigenvalue weighted by Gasteiger charge is -1.93. The minimum Gasteiger partial charge on any atom is -0.375 e. The average molecular weight is 198 g/mol. The SMILES string of the molecule is Cc1noc(C)c1C=NNC(N)=S. The van der Waals surface area contributed by atoms with E-state index in [4.69, 9.17) is 10.3 Å². The molecular formula is C7H10N4OS. The number of aromatic nitrogens is 1. The molecule has 0 radical (unpaired) electrons. The van der Waals surface area contributed by atoms with Gasteiger partial charge in [0.15, 0.2) is 5.11 Å². The summed E-state index contributed by atoms with van der Waals surface area (Å²) in [5.41, 5.74) is 9.24. The number of aryl methyl sites for hydroxylation is 2. The lowest BCUT2D eigenvalue weighted by Crippen LogP contribution is -2.24. The second-order valence-corrected chi connectivity index (χ2v) is 2.91.